The second kappa shape index (κ2) is 8.28. The van der Waals surface area contributed by atoms with Crippen LogP contribution in [-0.2, 0) is 19.0 Å². The van der Waals surface area contributed by atoms with Gasteiger partial charge in [0.15, 0.2) is 5.83 Å². The number of hydrogen-bond acceptors (Lipinski definition) is 0. The third kappa shape index (κ3) is 5.41. The molecular formula is C20H19F5. The summed E-state index contributed by atoms with van der Waals surface area (Å²) >= 11 is 0. The fraction of sp³-hybridized carbons (Fsp3) is 0.300. The summed E-state index contributed by atoms with van der Waals surface area (Å²) in [4.78, 5) is 0. The van der Waals surface area contributed by atoms with E-state index in [4.69, 9.17) is 0 Å². The van der Waals surface area contributed by atoms with E-state index in [1.54, 1.807) is 19.1 Å². The molecule has 2 rings (SSSR count). The third-order valence-corrected chi connectivity index (χ3v) is 3.90. The van der Waals surface area contributed by atoms with Gasteiger partial charge in [-0.1, -0.05) is 43.3 Å². The lowest BCUT2D eigenvalue weighted by Crippen LogP contribution is -2.04. The molecule has 2 aromatic rings. The van der Waals surface area contributed by atoms with Gasteiger partial charge >= 0.3 is 6.18 Å². The lowest BCUT2D eigenvalue weighted by atomic mass is 10.0. The van der Waals surface area contributed by atoms with Crippen molar-refractivity contribution in [2.75, 3.05) is 0 Å². The molecule has 0 fully saturated rings. The normalized spacial score (nSPS) is 12.9. The maximum atomic E-state index is 13.8. The summed E-state index contributed by atoms with van der Waals surface area (Å²) < 4.78 is 64.9. The van der Waals surface area contributed by atoms with Crippen molar-refractivity contribution in [1.29, 1.82) is 0 Å². The summed E-state index contributed by atoms with van der Waals surface area (Å²) in [6, 6.07) is 11.5. The number of halogens is 5. The van der Waals surface area contributed by atoms with Gasteiger partial charge in [0.25, 0.3) is 0 Å². The zero-order chi connectivity index (χ0) is 18.4. The van der Waals surface area contributed by atoms with E-state index in [9.17, 15) is 22.0 Å². The van der Waals surface area contributed by atoms with E-state index in [0.29, 0.717) is 19.3 Å². The van der Waals surface area contributed by atoms with Crippen LogP contribution in [0, 0.1) is 0 Å². The van der Waals surface area contributed by atoms with E-state index < -0.39 is 23.4 Å². The highest BCUT2D eigenvalue weighted by molar-refractivity contribution is 5.61. The van der Waals surface area contributed by atoms with Gasteiger partial charge in [0.05, 0.1) is 5.56 Å². The van der Waals surface area contributed by atoms with Crippen LogP contribution in [0.1, 0.15) is 42.0 Å². The molecule has 0 saturated heterocycles. The molecule has 5 heteroatoms. The Morgan fingerprint density at radius 2 is 1.28 bits per heavy atom. The van der Waals surface area contributed by atoms with Gasteiger partial charge in [-0.25, -0.2) is 8.78 Å². The van der Waals surface area contributed by atoms with Crippen LogP contribution in [0.4, 0.5) is 22.0 Å². The second-order valence-corrected chi connectivity index (χ2v) is 5.86. The largest absolute Gasteiger partial charge is 0.416 e. The quantitative estimate of drug-likeness (QED) is 0.495. The molecule has 0 aliphatic rings. The molecular weight excluding hydrogens is 335 g/mol. The summed E-state index contributed by atoms with van der Waals surface area (Å²) in [5.74, 6) is -1.59. The molecule has 134 valence electrons. The molecule has 0 heterocycles. The van der Waals surface area contributed by atoms with Crippen LogP contribution in [0.2, 0.25) is 0 Å². The molecule has 0 bridgehead atoms. The maximum Gasteiger partial charge on any atom is 0.416 e. The van der Waals surface area contributed by atoms with Crippen LogP contribution < -0.4 is 0 Å². The van der Waals surface area contributed by atoms with Gasteiger partial charge in [0.1, 0.15) is 5.83 Å². The van der Waals surface area contributed by atoms with Crippen LogP contribution in [0.25, 0.3) is 5.83 Å². The van der Waals surface area contributed by atoms with Gasteiger partial charge in [-0.3, -0.25) is 0 Å². The van der Waals surface area contributed by atoms with Gasteiger partial charge in [-0.05, 0) is 42.5 Å². The highest BCUT2D eigenvalue weighted by Crippen LogP contribution is 2.29. The van der Waals surface area contributed by atoms with Crippen molar-refractivity contribution in [3.05, 3.63) is 76.6 Å². The summed E-state index contributed by atoms with van der Waals surface area (Å²) in [7, 11) is 0. The molecule has 0 spiro atoms. The summed E-state index contributed by atoms with van der Waals surface area (Å²) in [6.45, 7) is 1.78. The van der Waals surface area contributed by atoms with Crippen LogP contribution in [-0.4, -0.2) is 0 Å². The van der Waals surface area contributed by atoms with Gasteiger partial charge in [-0.2, -0.15) is 13.2 Å². The number of aryl methyl sites for hydroxylation is 2. The standard InChI is InChI=1S/C20H19F5/c1-2-3-18(21)19(22)16-10-6-14(7-11-16)4-5-15-8-12-17(13-9-15)20(23,24)25/h6-13H,2-5H2,1H3/b19-18-. The van der Waals surface area contributed by atoms with E-state index in [1.807, 2.05) is 0 Å². The number of hydrogen-bond donors (Lipinski definition) is 0. The molecule has 0 aliphatic carbocycles. The molecule has 0 saturated carbocycles. The van der Waals surface area contributed by atoms with Crippen LogP contribution in [0.3, 0.4) is 0 Å². The van der Waals surface area contributed by atoms with Gasteiger partial charge < -0.3 is 0 Å². The number of rotatable bonds is 6. The predicted octanol–water partition coefficient (Wildman–Crippen LogP) is 6.90. The van der Waals surface area contributed by atoms with Crippen molar-refractivity contribution in [1.82, 2.24) is 0 Å². The van der Waals surface area contributed by atoms with E-state index in [0.717, 1.165) is 23.3 Å². The molecule has 0 unspecified atom stereocenters. The fourth-order valence-corrected chi connectivity index (χ4v) is 2.45. The molecule has 0 amide bonds. The lowest BCUT2D eigenvalue weighted by molar-refractivity contribution is -0.137. The van der Waals surface area contributed by atoms with E-state index in [2.05, 4.69) is 0 Å². The maximum absolute atomic E-state index is 13.8. The Morgan fingerprint density at radius 1 is 0.800 bits per heavy atom. The molecule has 25 heavy (non-hydrogen) atoms. The molecule has 0 aliphatic heterocycles. The SMILES string of the molecule is CCC/C(F)=C(/F)c1ccc(CCc2ccc(C(F)(F)F)cc2)cc1. The predicted molar refractivity (Wildman–Crippen MR) is 89.3 cm³/mol. The van der Waals surface area contributed by atoms with Gasteiger partial charge in [-0.15, -0.1) is 0 Å². The minimum atomic E-state index is -4.33. The second-order valence-electron chi connectivity index (χ2n) is 5.86. The monoisotopic (exact) mass is 354 g/mol. The summed E-state index contributed by atoms with van der Waals surface area (Å²) in [5.41, 5.74) is 1.23. The summed E-state index contributed by atoms with van der Waals surface area (Å²) in [5, 5.41) is 0. The molecule has 0 aromatic heterocycles. The first-order chi connectivity index (χ1) is 11.8. The average molecular weight is 354 g/mol. The van der Waals surface area contributed by atoms with Crippen molar-refractivity contribution >= 4 is 5.83 Å². The number of allylic oxidation sites excluding steroid dienone is 1. The zero-order valence-electron chi connectivity index (χ0n) is 13.8. The molecule has 0 nitrogen and oxygen atoms in total. The smallest absolute Gasteiger partial charge is 0.209 e. The van der Waals surface area contributed by atoms with E-state index in [-0.39, 0.29) is 12.0 Å². The average Bonchev–Trinajstić information content (AvgIpc) is 2.59. The Kier molecular flexibility index (Phi) is 6.34. The van der Waals surface area contributed by atoms with Crippen molar-refractivity contribution in [3.63, 3.8) is 0 Å². The Labute approximate surface area is 144 Å². The first-order valence-corrected chi connectivity index (χ1v) is 8.11. The molecule has 2 aromatic carbocycles. The Bertz CT molecular complexity index is 709. The Balaban J connectivity index is 1.99. The van der Waals surface area contributed by atoms with Gasteiger partial charge in [0, 0.05) is 12.0 Å². The van der Waals surface area contributed by atoms with Gasteiger partial charge in [0.2, 0.25) is 0 Å². The van der Waals surface area contributed by atoms with Crippen molar-refractivity contribution in [2.24, 2.45) is 0 Å². The van der Waals surface area contributed by atoms with Crippen LogP contribution in [0.15, 0.2) is 54.4 Å². The summed E-state index contributed by atoms with van der Waals surface area (Å²) in [6.07, 6.45) is -2.56. The minimum Gasteiger partial charge on any atom is -0.209 e. The zero-order valence-corrected chi connectivity index (χ0v) is 13.8. The lowest BCUT2D eigenvalue weighted by Gasteiger charge is -2.08. The highest BCUT2D eigenvalue weighted by Gasteiger charge is 2.29. The van der Waals surface area contributed by atoms with Crippen molar-refractivity contribution in [2.45, 2.75) is 38.8 Å². The first-order valence-electron chi connectivity index (χ1n) is 8.11. The van der Waals surface area contributed by atoms with E-state index >= 15 is 0 Å². The molecule has 0 N–H and O–H groups in total. The van der Waals surface area contributed by atoms with Crippen molar-refractivity contribution < 1.29 is 22.0 Å². The Hall–Kier alpha value is -2.17. The van der Waals surface area contributed by atoms with Crippen molar-refractivity contribution in [3.8, 4) is 0 Å². The molecule has 0 atom stereocenters. The molecule has 0 radical (unpaired) electrons. The highest BCUT2D eigenvalue weighted by atomic mass is 19.4. The fourth-order valence-electron chi connectivity index (χ4n) is 2.45. The number of alkyl halides is 3. The minimum absolute atomic E-state index is 0.0709. The van der Waals surface area contributed by atoms with E-state index in [1.165, 1.54) is 24.3 Å². The third-order valence-electron chi connectivity index (χ3n) is 3.90. The number of benzene rings is 2. The van der Waals surface area contributed by atoms with Crippen LogP contribution in [0.5, 0.6) is 0 Å². The van der Waals surface area contributed by atoms with Crippen LogP contribution >= 0.6 is 0 Å². The Morgan fingerprint density at radius 3 is 1.72 bits per heavy atom. The topological polar surface area (TPSA) is 0 Å². The first kappa shape index (κ1) is 19.2.